The third-order valence-electron chi connectivity index (χ3n) is 2.32. The zero-order valence-corrected chi connectivity index (χ0v) is 12.6. The summed E-state index contributed by atoms with van der Waals surface area (Å²) in [7, 11) is -3.11. The molecule has 0 aliphatic heterocycles. The minimum atomic E-state index is -3.11. The molecule has 0 amide bonds. The zero-order valence-electron chi connectivity index (χ0n) is 11.8. The van der Waals surface area contributed by atoms with Crippen molar-refractivity contribution in [1.29, 1.82) is 0 Å². The van der Waals surface area contributed by atoms with Gasteiger partial charge in [-0.1, -0.05) is 6.08 Å². The topological polar surface area (TPSA) is 70.6 Å². The highest BCUT2D eigenvalue weighted by molar-refractivity contribution is 7.92. The number of hydrogen-bond donors (Lipinski definition) is 2. The van der Waals surface area contributed by atoms with E-state index < -0.39 is 14.6 Å². The highest BCUT2D eigenvalue weighted by Crippen LogP contribution is 2.15. The Balaban J connectivity index is 4.46. The summed E-state index contributed by atoms with van der Waals surface area (Å²) in [6.45, 7) is 12.2. The molecule has 2 N–H and O–H groups in total. The first kappa shape index (κ1) is 17.0. The molecular formula is C12H25N3O2S. The molecule has 0 saturated heterocycles. The lowest BCUT2D eigenvalue weighted by Gasteiger charge is -2.18. The number of guanidine groups is 1. The molecule has 6 heteroatoms. The van der Waals surface area contributed by atoms with E-state index in [9.17, 15) is 8.42 Å². The van der Waals surface area contributed by atoms with Crippen molar-refractivity contribution < 1.29 is 8.42 Å². The van der Waals surface area contributed by atoms with Crippen molar-refractivity contribution in [3.63, 3.8) is 0 Å². The van der Waals surface area contributed by atoms with Gasteiger partial charge >= 0.3 is 0 Å². The van der Waals surface area contributed by atoms with Gasteiger partial charge in [-0.25, -0.2) is 8.42 Å². The molecule has 0 aromatic carbocycles. The highest BCUT2D eigenvalue weighted by atomic mass is 32.2. The molecule has 0 aromatic heterocycles. The quantitative estimate of drug-likeness (QED) is 0.430. The van der Waals surface area contributed by atoms with Gasteiger partial charge in [0.05, 0.1) is 17.0 Å². The molecule has 0 saturated carbocycles. The fourth-order valence-electron chi connectivity index (χ4n) is 1.09. The van der Waals surface area contributed by atoms with Gasteiger partial charge in [-0.2, -0.15) is 0 Å². The summed E-state index contributed by atoms with van der Waals surface area (Å²) < 4.78 is 23.0. The van der Waals surface area contributed by atoms with Gasteiger partial charge in [0.2, 0.25) is 0 Å². The fraction of sp³-hybridized carbons (Fsp3) is 0.750. The Bertz CT molecular complexity index is 381. The van der Waals surface area contributed by atoms with Crippen molar-refractivity contribution >= 4 is 15.8 Å². The van der Waals surface area contributed by atoms with Crippen LogP contribution in [0.5, 0.6) is 0 Å². The molecule has 106 valence electrons. The number of nitrogens with zero attached hydrogens (tertiary/aromatic N) is 1. The molecule has 18 heavy (non-hydrogen) atoms. The van der Waals surface area contributed by atoms with Gasteiger partial charge in [-0.05, 0) is 27.7 Å². The van der Waals surface area contributed by atoms with Crippen molar-refractivity contribution in [3.8, 4) is 0 Å². The smallest absolute Gasteiger partial charge is 0.191 e. The minimum absolute atomic E-state index is 0.0567. The van der Waals surface area contributed by atoms with Crippen LogP contribution in [0.3, 0.4) is 0 Å². The number of sulfone groups is 1. The summed E-state index contributed by atoms with van der Waals surface area (Å²) in [6, 6.07) is 0. The molecule has 0 spiro atoms. The standard InChI is InChI=1S/C12H25N3O2S/c1-6-8-14-11(13-7-2)15-9-10-18(16,17)12(3,4)5/h6H,1,7-10H2,2-5H3,(H2,13,14,15). The third kappa shape index (κ3) is 6.05. The molecular weight excluding hydrogens is 250 g/mol. The van der Waals surface area contributed by atoms with Crippen LogP contribution in [-0.2, 0) is 9.84 Å². The zero-order chi connectivity index (χ0) is 14.2. The van der Waals surface area contributed by atoms with Crippen LogP contribution in [0.15, 0.2) is 17.6 Å². The molecule has 0 heterocycles. The van der Waals surface area contributed by atoms with Gasteiger partial charge in [-0.3, -0.25) is 4.99 Å². The van der Waals surface area contributed by atoms with E-state index in [0.29, 0.717) is 12.5 Å². The summed E-state index contributed by atoms with van der Waals surface area (Å²) in [5, 5.41) is 6.06. The first-order valence-corrected chi connectivity index (χ1v) is 7.75. The monoisotopic (exact) mass is 275 g/mol. The van der Waals surface area contributed by atoms with Crippen molar-refractivity contribution in [2.75, 3.05) is 25.4 Å². The van der Waals surface area contributed by atoms with E-state index >= 15 is 0 Å². The predicted octanol–water partition coefficient (Wildman–Crippen LogP) is 0.941. The van der Waals surface area contributed by atoms with Crippen LogP contribution < -0.4 is 10.6 Å². The molecule has 5 nitrogen and oxygen atoms in total. The molecule has 0 aromatic rings. The third-order valence-corrected chi connectivity index (χ3v) is 4.91. The average molecular weight is 275 g/mol. The minimum Gasteiger partial charge on any atom is -0.357 e. The highest BCUT2D eigenvalue weighted by Gasteiger charge is 2.28. The summed E-state index contributed by atoms with van der Waals surface area (Å²) in [5.41, 5.74) is 0. The van der Waals surface area contributed by atoms with E-state index in [1.807, 2.05) is 6.92 Å². The molecule has 0 rings (SSSR count). The first-order chi connectivity index (χ1) is 8.24. The Kier molecular flexibility index (Phi) is 6.98. The van der Waals surface area contributed by atoms with E-state index in [1.165, 1.54) is 0 Å². The lowest BCUT2D eigenvalue weighted by Crippen LogP contribution is -2.38. The summed E-state index contributed by atoms with van der Waals surface area (Å²) in [5.74, 6) is 0.669. The number of rotatable bonds is 6. The normalized spacial score (nSPS) is 13.2. The van der Waals surface area contributed by atoms with Crippen molar-refractivity contribution in [2.45, 2.75) is 32.4 Å². The average Bonchev–Trinajstić information content (AvgIpc) is 2.24. The van der Waals surface area contributed by atoms with Gasteiger partial charge in [0, 0.05) is 13.1 Å². The van der Waals surface area contributed by atoms with Crippen LogP contribution in [0.1, 0.15) is 27.7 Å². The SMILES string of the molecule is C=CCNC(=NCCS(=O)(=O)C(C)(C)C)NCC. The summed E-state index contributed by atoms with van der Waals surface area (Å²) in [4.78, 5) is 4.22. The maximum Gasteiger partial charge on any atom is 0.191 e. The van der Waals surface area contributed by atoms with Crippen LogP contribution in [-0.4, -0.2) is 44.5 Å². The number of hydrogen-bond acceptors (Lipinski definition) is 3. The van der Waals surface area contributed by atoms with Crippen LogP contribution in [0.25, 0.3) is 0 Å². The van der Waals surface area contributed by atoms with Gasteiger partial charge in [-0.15, -0.1) is 6.58 Å². The molecule has 0 bridgehead atoms. The van der Waals surface area contributed by atoms with Crippen LogP contribution in [0.4, 0.5) is 0 Å². The van der Waals surface area contributed by atoms with Gasteiger partial charge in [0.25, 0.3) is 0 Å². The number of aliphatic imine (C=N–C) groups is 1. The largest absolute Gasteiger partial charge is 0.357 e. The predicted molar refractivity (Wildman–Crippen MR) is 77.7 cm³/mol. The molecule has 0 aliphatic carbocycles. The molecule has 0 fully saturated rings. The second-order valence-corrected chi connectivity index (χ2v) is 7.72. The second kappa shape index (κ2) is 7.41. The Morgan fingerprint density at radius 3 is 2.39 bits per heavy atom. The first-order valence-electron chi connectivity index (χ1n) is 6.10. The van der Waals surface area contributed by atoms with E-state index in [1.54, 1.807) is 26.8 Å². The molecule has 0 atom stereocenters. The second-order valence-electron chi connectivity index (χ2n) is 4.86. The van der Waals surface area contributed by atoms with Crippen LogP contribution in [0.2, 0.25) is 0 Å². The Hall–Kier alpha value is -1.04. The van der Waals surface area contributed by atoms with E-state index in [2.05, 4.69) is 22.2 Å². The van der Waals surface area contributed by atoms with Crippen molar-refractivity contribution in [3.05, 3.63) is 12.7 Å². The van der Waals surface area contributed by atoms with Crippen molar-refractivity contribution in [1.82, 2.24) is 10.6 Å². The summed E-state index contributed by atoms with van der Waals surface area (Å²) in [6.07, 6.45) is 1.72. The fourth-order valence-corrected chi connectivity index (χ4v) is 2.04. The van der Waals surface area contributed by atoms with E-state index in [0.717, 1.165) is 6.54 Å². The van der Waals surface area contributed by atoms with Gasteiger partial charge in [0.15, 0.2) is 15.8 Å². The Morgan fingerprint density at radius 2 is 1.94 bits per heavy atom. The lowest BCUT2D eigenvalue weighted by atomic mass is 10.3. The van der Waals surface area contributed by atoms with Crippen molar-refractivity contribution in [2.24, 2.45) is 4.99 Å². The number of nitrogens with one attached hydrogen (secondary N) is 2. The molecule has 0 unspecified atom stereocenters. The summed E-state index contributed by atoms with van der Waals surface area (Å²) >= 11 is 0. The molecule has 0 radical (unpaired) electrons. The Labute approximate surface area is 111 Å². The maximum absolute atomic E-state index is 11.9. The van der Waals surface area contributed by atoms with Gasteiger partial charge < -0.3 is 10.6 Å². The lowest BCUT2D eigenvalue weighted by molar-refractivity contribution is 0.560. The van der Waals surface area contributed by atoms with E-state index in [4.69, 9.17) is 0 Å². The van der Waals surface area contributed by atoms with E-state index in [-0.39, 0.29) is 12.3 Å². The Morgan fingerprint density at radius 1 is 1.33 bits per heavy atom. The van der Waals surface area contributed by atoms with Crippen LogP contribution >= 0.6 is 0 Å². The van der Waals surface area contributed by atoms with Gasteiger partial charge in [0.1, 0.15) is 0 Å². The maximum atomic E-state index is 11.9. The van der Waals surface area contributed by atoms with Crippen LogP contribution in [0, 0.1) is 0 Å². The molecule has 0 aliphatic rings.